The Bertz CT molecular complexity index is 695. The lowest BCUT2D eigenvalue weighted by Crippen LogP contribution is -2.39. The molecule has 0 saturated heterocycles. The van der Waals surface area contributed by atoms with Crippen molar-refractivity contribution in [2.75, 3.05) is 0 Å². The molecular formula is C16H15F2NO3S. The van der Waals surface area contributed by atoms with Crippen molar-refractivity contribution >= 4 is 23.2 Å². The Balaban J connectivity index is 2.10. The lowest BCUT2D eigenvalue weighted by molar-refractivity contribution is -0.124. The summed E-state index contributed by atoms with van der Waals surface area (Å²) >= 11 is 0.993. The van der Waals surface area contributed by atoms with Crippen LogP contribution in [0.2, 0.25) is 0 Å². The second kappa shape index (κ2) is 6.87. The summed E-state index contributed by atoms with van der Waals surface area (Å²) < 4.78 is 27.6. The molecule has 1 atom stereocenters. The monoisotopic (exact) mass is 339 g/mol. The minimum absolute atomic E-state index is 0.105. The lowest BCUT2D eigenvalue weighted by Gasteiger charge is -2.25. The predicted molar refractivity (Wildman–Crippen MR) is 82.9 cm³/mol. The van der Waals surface area contributed by atoms with Crippen LogP contribution in [0.15, 0.2) is 41.8 Å². The van der Waals surface area contributed by atoms with Crippen molar-refractivity contribution in [1.82, 2.24) is 5.32 Å². The van der Waals surface area contributed by atoms with E-state index < -0.39 is 23.8 Å². The average molecular weight is 339 g/mol. The van der Waals surface area contributed by atoms with E-state index in [0.717, 1.165) is 18.3 Å². The minimum atomic E-state index is -3.13. The van der Waals surface area contributed by atoms with Crippen molar-refractivity contribution in [2.45, 2.75) is 25.3 Å². The molecule has 0 spiro atoms. The van der Waals surface area contributed by atoms with Gasteiger partial charge in [-0.25, -0.2) is 13.6 Å². The summed E-state index contributed by atoms with van der Waals surface area (Å²) in [6.07, 6.45) is -0.150. The molecule has 122 valence electrons. The van der Waals surface area contributed by atoms with Crippen LogP contribution >= 0.6 is 11.3 Å². The first-order valence-corrected chi connectivity index (χ1v) is 7.68. The van der Waals surface area contributed by atoms with Gasteiger partial charge in [0.25, 0.3) is 5.92 Å². The summed E-state index contributed by atoms with van der Waals surface area (Å²) in [5, 5.41) is 12.7. The molecule has 0 bridgehead atoms. The second-order valence-corrected chi connectivity index (χ2v) is 6.08. The number of carbonyl (C=O) groups is 2. The van der Waals surface area contributed by atoms with Crippen LogP contribution in [0.3, 0.4) is 0 Å². The van der Waals surface area contributed by atoms with Gasteiger partial charge >= 0.3 is 5.97 Å². The molecule has 2 rings (SSSR count). The van der Waals surface area contributed by atoms with E-state index in [1.54, 1.807) is 18.2 Å². The van der Waals surface area contributed by atoms with Crippen LogP contribution < -0.4 is 5.32 Å². The van der Waals surface area contributed by atoms with E-state index in [0.29, 0.717) is 11.1 Å². The average Bonchev–Trinajstić information content (AvgIpc) is 2.93. The number of halogens is 2. The summed E-state index contributed by atoms with van der Waals surface area (Å²) in [6, 6.07) is 7.93. The fourth-order valence-electron chi connectivity index (χ4n) is 2.13. The molecule has 1 aromatic carbocycles. The van der Waals surface area contributed by atoms with E-state index in [-0.39, 0.29) is 11.3 Å². The molecule has 0 aliphatic carbocycles. The van der Waals surface area contributed by atoms with Crippen LogP contribution in [0.1, 0.15) is 33.8 Å². The molecule has 23 heavy (non-hydrogen) atoms. The first kappa shape index (κ1) is 17.1. The van der Waals surface area contributed by atoms with Gasteiger partial charge in [0.2, 0.25) is 5.91 Å². The summed E-state index contributed by atoms with van der Waals surface area (Å²) in [5.41, 5.74) is 0.793. The molecule has 0 radical (unpaired) electrons. The van der Waals surface area contributed by atoms with Crippen LogP contribution in [-0.4, -0.2) is 22.9 Å². The fourth-order valence-corrected chi connectivity index (χ4v) is 2.88. The van der Waals surface area contributed by atoms with E-state index in [2.05, 4.69) is 5.32 Å². The first-order chi connectivity index (χ1) is 10.8. The fraction of sp³-hybridized carbons (Fsp3) is 0.250. The number of carbonyl (C=O) groups excluding carboxylic acids is 1. The molecule has 0 saturated carbocycles. The molecule has 2 N–H and O–H groups in total. The van der Waals surface area contributed by atoms with Crippen molar-refractivity contribution in [1.29, 1.82) is 0 Å². The van der Waals surface area contributed by atoms with Crippen molar-refractivity contribution in [3.8, 4) is 0 Å². The van der Waals surface area contributed by atoms with Gasteiger partial charge in [-0.05, 0) is 22.6 Å². The summed E-state index contributed by atoms with van der Waals surface area (Å²) in [5.74, 6) is -4.79. The third-order valence-corrected chi connectivity index (χ3v) is 4.14. The van der Waals surface area contributed by atoms with E-state index in [1.165, 1.54) is 23.6 Å². The Hall–Kier alpha value is -2.28. The van der Waals surface area contributed by atoms with Crippen molar-refractivity contribution < 1.29 is 23.5 Å². The normalized spacial score (nSPS) is 12.7. The summed E-state index contributed by atoms with van der Waals surface area (Å²) in [4.78, 5) is 22.9. The van der Waals surface area contributed by atoms with Gasteiger partial charge in [0.15, 0.2) is 0 Å². The van der Waals surface area contributed by atoms with Crippen LogP contribution in [0.4, 0.5) is 8.78 Å². The Kier molecular flexibility index (Phi) is 5.10. The lowest BCUT2D eigenvalue weighted by atomic mass is 10.0. The zero-order valence-electron chi connectivity index (χ0n) is 12.3. The number of nitrogens with one attached hydrogen (secondary N) is 1. The number of benzene rings is 1. The number of thiophene rings is 1. The number of aromatic carboxylic acids is 1. The molecule has 4 nitrogen and oxygen atoms in total. The molecular weight excluding hydrogens is 324 g/mol. The number of carboxylic acid groups (broad SMARTS) is 1. The van der Waals surface area contributed by atoms with E-state index in [9.17, 15) is 18.4 Å². The molecule has 1 unspecified atom stereocenters. The van der Waals surface area contributed by atoms with E-state index in [1.807, 2.05) is 0 Å². The highest BCUT2D eigenvalue weighted by Crippen LogP contribution is 2.30. The zero-order chi connectivity index (χ0) is 17.0. The quantitative estimate of drug-likeness (QED) is 0.846. The number of carboxylic acids is 1. The molecule has 0 aliphatic heterocycles. The highest BCUT2D eigenvalue weighted by Gasteiger charge is 2.36. The zero-order valence-corrected chi connectivity index (χ0v) is 13.1. The first-order valence-electron chi connectivity index (χ1n) is 6.80. The predicted octanol–water partition coefficient (Wildman–Crippen LogP) is 3.50. The van der Waals surface area contributed by atoms with Crippen LogP contribution in [0.25, 0.3) is 0 Å². The Labute approximate surface area is 135 Å². The molecule has 0 fully saturated rings. The maximum atomic E-state index is 13.8. The van der Waals surface area contributed by atoms with E-state index >= 15 is 0 Å². The van der Waals surface area contributed by atoms with Crippen LogP contribution in [0.5, 0.6) is 0 Å². The maximum Gasteiger partial charge on any atom is 0.345 e. The van der Waals surface area contributed by atoms with Gasteiger partial charge in [0, 0.05) is 6.92 Å². The Morgan fingerprint density at radius 2 is 1.96 bits per heavy atom. The molecule has 1 amide bonds. The minimum Gasteiger partial charge on any atom is -0.477 e. The van der Waals surface area contributed by atoms with Gasteiger partial charge in [0.1, 0.15) is 10.9 Å². The number of alkyl halides is 2. The molecule has 7 heteroatoms. The molecule has 1 heterocycles. The van der Waals surface area contributed by atoms with Gasteiger partial charge in [-0.15, -0.1) is 11.3 Å². The molecule has 1 aromatic heterocycles. The topological polar surface area (TPSA) is 66.4 Å². The smallest absolute Gasteiger partial charge is 0.345 e. The number of hydrogen-bond donors (Lipinski definition) is 2. The highest BCUT2D eigenvalue weighted by molar-refractivity contribution is 7.12. The van der Waals surface area contributed by atoms with Crippen molar-refractivity contribution in [3.05, 3.63) is 57.8 Å². The van der Waals surface area contributed by atoms with Crippen LogP contribution in [0, 0.1) is 0 Å². The van der Waals surface area contributed by atoms with E-state index in [4.69, 9.17) is 5.11 Å². The highest BCUT2D eigenvalue weighted by atomic mass is 32.1. The van der Waals surface area contributed by atoms with Gasteiger partial charge in [0.05, 0.1) is 6.42 Å². The summed E-state index contributed by atoms with van der Waals surface area (Å²) in [6.45, 7) is 0.748. The Morgan fingerprint density at radius 1 is 1.30 bits per heavy atom. The molecule has 2 aromatic rings. The number of hydrogen-bond acceptors (Lipinski definition) is 3. The maximum absolute atomic E-state index is 13.8. The third-order valence-electron chi connectivity index (χ3n) is 3.17. The second-order valence-electron chi connectivity index (χ2n) is 5.17. The SMILES string of the molecule is CC(F)(F)C(NC(=O)Cc1csc(C(=O)O)c1)c1ccccc1. The van der Waals surface area contributed by atoms with Gasteiger partial charge in [-0.1, -0.05) is 30.3 Å². The van der Waals surface area contributed by atoms with Gasteiger partial charge in [-0.3, -0.25) is 4.79 Å². The third kappa shape index (κ3) is 4.59. The number of rotatable bonds is 6. The number of amides is 1. The standard InChI is InChI=1S/C16H15F2NO3S/c1-16(17,18)14(11-5-3-2-4-6-11)19-13(20)8-10-7-12(15(21)22)23-9-10/h2-7,9,14H,8H2,1H3,(H,19,20)(H,21,22). The largest absolute Gasteiger partial charge is 0.477 e. The Morgan fingerprint density at radius 3 is 2.48 bits per heavy atom. The summed E-state index contributed by atoms with van der Waals surface area (Å²) in [7, 11) is 0. The van der Waals surface area contributed by atoms with Crippen molar-refractivity contribution in [2.24, 2.45) is 0 Å². The van der Waals surface area contributed by atoms with Crippen LogP contribution in [-0.2, 0) is 11.2 Å². The van der Waals surface area contributed by atoms with Gasteiger partial charge < -0.3 is 10.4 Å². The molecule has 0 aliphatic rings. The van der Waals surface area contributed by atoms with Gasteiger partial charge in [-0.2, -0.15) is 0 Å². The van der Waals surface area contributed by atoms with Crippen molar-refractivity contribution in [3.63, 3.8) is 0 Å².